The summed E-state index contributed by atoms with van der Waals surface area (Å²) >= 11 is 11.4. The molecule has 0 fully saturated rings. The predicted molar refractivity (Wildman–Crippen MR) is 66.1 cm³/mol. The van der Waals surface area contributed by atoms with Gasteiger partial charge in [0.2, 0.25) is 0 Å². The van der Waals surface area contributed by atoms with E-state index in [0.29, 0.717) is 9.66 Å². The summed E-state index contributed by atoms with van der Waals surface area (Å²) in [5.41, 5.74) is 2.00. The highest BCUT2D eigenvalue weighted by Gasteiger charge is 2.06. The summed E-state index contributed by atoms with van der Waals surface area (Å²) in [5.74, 6) is 0.875. The van der Waals surface area contributed by atoms with Crippen molar-refractivity contribution in [2.75, 3.05) is 0 Å². The third-order valence-electron chi connectivity index (χ3n) is 2.42. The maximum absolute atomic E-state index is 6.12. The molecule has 0 saturated heterocycles. The van der Waals surface area contributed by atoms with E-state index in [4.69, 9.17) is 23.8 Å². The molecule has 0 aliphatic carbocycles. The van der Waals surface area contributed by atoms with Gasteiger partial charge in [0.1, 0.15) is 10.5 Å². The van der Waals surface area contributed by atoms with Crippen molar-refractivity contribution in [1.29, 1.82) is 0 Å². The maximum atomic E-state index is 6.12. The molecule has 1 aromatic heterocycles. The molecule has 1 aromatic carbocycles. The van der Waals surface area contributed by atoms with Gasteiger partial charge in [0.15, 0.2) is 0 Å². The Morgan fingerprint density at radius 2 is 2.20 bits per heavy atom. The third kappa shape index (κ3) is 1.77. The number of nitrogens with one attached hydrogen (secondary N) is 1. The van der Waals surface area contributed by atoms with Crippen LogP contribution in [0.15, 0.2) is 12.1 Å². The molecule has 0 saturated carbocycles. The van der Waals surface area contributed by atoms with E-state index >= 15 is 0 Å². The summed E-state index contributed by atoms with van der Waals surface area (Å²) in [6, 6.07) is 3.84. The van der Waals surface area contributed by atoms with E-state index in [2.05, 4.69) is 9.97 Å². The zero-order valence-corrected chi connectivity index (χ0v) is 10.2. The van der Waals surface area contributed by atoms with Gasteiger partial charge in [0, 0.05) is 11.8 Å². The number of hydrogen-bond donors (Lipinski definition) is 1. The molecule has 0 spiro atoms. The molecular formula is C11H11ClN2S. The first kappa shape index (κ1) is 10.6. The molecule has 0 aliphatic rings. The van der Waals surface area contributed by atoms with Crippen LogP contribution < -0.4 is 0 Å². The number of benzene rings is 1. The molecule has 2 nitrogen and oxygen atoms in total. The Labute approximate surface area is 98.3 Å². The van der Waals surface area contributed by atoms with Crippen molar-refractivity contribution in [2.24, 2.45) is 0 Å². The smallest absolute Gasteiger partial charge is 0.137 e. The van der Waals surface area contributed by atoms with E-state index in [1.165, 1.54) is 0 Å². The van der Waals surface area contributed by atoms with Crippen molar-refractivity contribution in [3.63, 3.8) is 0 Å². The van der Waals surface area contributed by atoms with E-state index in [9.17, 15) is 0 Å². The van der Waals surface area contributed by atoms with E-state index in [-0.39, 0.29) is 0 Å². The topological polar surface area (TPSA) is 28.7 Å². The van der Waals surface area contributed by atoms with Crippen LogP contribution in [0.3, 0.4) is 0 Å². The minimum atomic E-state index is 0.626. The van der Waals surface area contributed by atoms with Crippen molar-refractivity contribution in [3.8, 4) is 0 Å². The Bertz CT molecular complexity index is 575. The fourth-order valence-corrected chi connectivity index (χ4v) is 2.18. The largest absolute Gasteiger partial charge is 0.342 e. The highest BCUT2D eigenvalue weighted by atomic mass is 35.5. The Balaban J connectivity index is 2.97. The number of aromatic nitrogens is 2. The molecule has 1 heterocycles. The molecule has 0 bridgehead atoms. The first-order valence-corrected chi connectivity index (χ1v) is 5.60. The van der Waals surface area contributed by atoms with Crippen LogP contribution in [0.1, 0.15) is 18.3 Å². The molecule has 78 valence electrons. The number of aryl methyl sites for hydroxylation is 2. The fraction of sp³-hybridized carbons (Fsp3) is 0.273. The van der Waals surface area contributed by atoms with Gasteiger partial charge in [-0.05, 0) is 18.6 Å². The lowest BCUT2D eigenvalue weighted by molar-refractivity contribution is 0.954. The van der Waals surface area contributed by atoms with Crippen LogP contribution in [-0.2, 0) is 6.42 Å². The lowest BCUT2D eigenvalue weighted by Crippen LogP contribution is -1.96. The van der Waals surface area contributed by atoms with Gasteiger partial charge in [0.05, 0.1) is 10.5 Å². The zero-order chi connectivity index (χ0) is 11.0. The van der Waals surface area contributed by atoms with Gasteiger partial charge in [-0.1, -0.05) is 36.8 Å². The second-order valence-electron chi connectivity index (χ2n) is 3.46. The lowest BCUT2D eigenvalue weighted by atomic mass is 10.1. The summed E-state index contributed by atoms with van der Waals surface area (Å²) in [4.78, 5) is 7.54. The number of aromatic amines is 1. The molecule has 1 N–H and O–H groups in total. The van der Waals surface area contributed by atoms with Crippen molar-refractivity contribution in [3.05, 3.63) is 33.2 Å². The Morgan fingerprint density at radius 3 is 2.87 bits per heavy atom. The summed E-state index contributed by atoms with van der Waals surface area (Å²) in [7, 11) is 0. The summed E-state index contributed by atoms with van der Waals surface area (Å²) in [6.07, 6.45) is 0.823. The van der Waals surface area contributed by atoms with Crippen LogP contribution in [0.4, 0.5) is 0 Å². The SMILES string of the molecule is CCc1nc(=S)c2c(C)ccc(Cl)c2[nH]1. The number of fused-ring (bicyclic) bond motifs is 1. The minimum absolute atomic E-state index is 0.626. The molecule has 0 radical (unpaired) electrons. The average molecular weight is 239 g/mol. The van der Waals surface area contributed by atoms with Crippen LogP contribution in [0.25, 0.3) is 10.9 Å². The molecule has 0 atom stereocenters. The van der Waals surface area contributed by atoms with Crippen LogP contribution >= 0.6 is 23.8 Å². The highest BCUT2D eigenvalue weighted by molar-refractivity contribution is 7.71. The molecule has 2 aromatic rings. The summed E-state index contributed by atoms with van der Waals surface area (Å²) in [5, 5.41) is 1.65. The van der Waals surface area contributed by atoms with Gasteiger partial charge < -0.3 is 4.98 Å². The van der Waals surface area contributed by atoms with Crippen molar-refractivity contribution in [2.45, 2.75) is 20.3 Å². The number of halogens is 1. The van der Waals surface area contributed by atoms with Crippen LogP contribution in [0, 0.1) is 11.6 Å². The van der Waals surface area contributed by atoms with E-state index in [1.54, 1.807) is 0 Å². The average Bonchev–Trinajstić information content (AvgIpc) is 2.23. The van der Waals surface area contributed by atoms with Gasteiger partial charge in [-0.25, -0.2) is 4.98 Å². The van der Waals surface area contributed by atoms with Crippen molar-refractivity contribution < 1.29 is 0 Å². The number of nitrogens with zero attached hydrogens (tertiary/aromatic N) is 1. The van der Waals surface area contributed by atoms with Gasteiger partial charge in [-0.3, -0.25) is 0 Å². The number of rotatable bonds is 1. The van der Waals surface area contributed by atoms with Crippen molar-refractivity contribution in [1.82, 2.24) is 9.97 Å². The monoisotopic (exact) mass is 238 g/mol. The second kappa shape index (κ2) is 3.91. The Morgan fingerprint density at radius 1 is 1.47 bits per heavy atom. The van der Waals surface area contributed by atoms with Gasteiger partial charge in [-0.2, -0.15) is 0 Å². The molecular weight excluding hydrogens is 228 g/mol. The molecule has 0 unspecified atom stereocenters. The number of hydrogen-bond acceptors (Lipinski definition) is 2. The fourth-order valence-electron chi connectivity index (χ4n) is 1.60. The van der Waals surface area contributed by atoms with E-state index < -0.39 is 0 Å². The highest BCUT2D eigenvalue weighted by Crippen LogP contribution is 2.25. The van der Waals surface area contributed by atoms with E-state index in [0.717, 1.165) is 28.7 Å². The molecule has 4 heteroatoms. The standard InChI is InChI=1S/C11H11ClN2S/c1-3-8-13-10-7(12)5-4-6(2)9(10)11(15)14-8/h4-5H,3H2,1-2H3,(H,13,14,15). The van der Waals surface area contributed by atoms with Gasteiger partial charge >= 0.3 is 0 Å². The Kier molecular flexibility index (Phi) is 2.76. The quantitative estimate of drug-likeness (QED) is 0.766. The van der Waals surface area contributed by atoms with Gasteiger partial charge in [0.25, 0.3) is 0 Å². The van der Waals surface area contributed by atoms with Crippen molar-refractivity contribution >= 4 is 34.7 Å². The minimum Gasteiger partial charge on any atom is -0.342 e. The summed E-state index contributed by atoms with van der Waals surface area (Å²) in [6.45, 7) is 4.04. The molecule has 0 amide bonds. The lowest BCUT2D eigenvalue weighted by Gasteiger charge is -2.06. The maximum Gasteiger partial charge on any atom is 0.137 e. The van der Waals surface area contributed by atoms with Crippen LogP contribution in [0.2, 0.25) is 5.02 Å². The first-order valence-electron chi connectivity index (χ1n) is 4.81. The second-order valence-corrected chi connectivity index (χ2v) is 4.25. The first-order chi connectivity index (χ1) is 7.13. The van der Waals surface area contributed by atoms with E-state index in [1.807, 2.05) is 26.0 Å². The normalized spacial score (nSPS) is 10.9. The summed E-state index contributed by atoms with van der Waals surface area (Å²) < 4.78 is 0.626. The third-order valence-corrected chi connectivity index (χ3v) is 3.03. The molecule has 0 aliphatic heterocycles. The predicted octanol–water partition coefficient (Wildman–Crippen LogP) is 3.82. The number of H-pyrrole nitrogens is 1. The van der Waals surface area contributed by atoms with Crippen LogP contribution in [-0.4, -0.2) is 9.97 Å². The molecule has 2 rings (SSSR count). The van der Waals surface area contributed by atoms with Gasteiger partial charge in [-0.15, -0.1) is 0 Å². The zero-order valence-electron chi connectivity index (χ0n) is 8.60. The molecule has 15 heavy (non-hydrogen) atoms. The Hall–Kier alpha value is -0.930. The van der Waals surface area contributed by atoms with Crippen LogP contribution in [0.5, 0.6) is 0 Å².